The van der Waals surface area contributed by atoms with Crippen molar-refractivity contribution in [2.75, 3.05) is 5.32 Å². The molecule has 0 bridgehead atoms. The molecule has 3 N–H and O–H groups in total. The molecule has 1 fully saturated rings. The quantitative estimate of drug-likeness (QED) is 0.802. The van der Waals surface area contributed by atoms with Crippen molar-refractivity contribution in [2.24, 2.45) is 0 Å². The second kappa shape index (κ2) is 6.91. The molecular weight excluding hydrogens is 292 g/mol. The largest absolute Gasteiger partial charge is 0.391 e. The van der Waals surface area contributed by atoms with Gasteiger partial charge in [0.05, 0.1) is 22.7 Å². The maximum absolute atomic E-state index is 12.3. The number of halogens is 1. The van der Waals surface area contributed by atoms with Crippen LogP contribution in [0.3, 0.4) is 0 Å². The normalized spacial score (nSPS) is 21.7. The molecule has 2 amide bonds. The van der Waals surface area contributed by atoms with E-state index in [1.807, 2.05) is 0 Å². The van der Waals surface area contributed by atoms with E-state index in [9.17, 15) is 14.7 Å². The fourth-order valence-corrected chi connectivity index (χ4v) is 2.71. The lowest BCUT2D eigenvalue weighted by Crippen LogP contribution is -2.45. The average Bonchev–Trinajstić information content (AvgIpc) is 2.43. The number of hydrogen-bond acceptors (Lipinski definition) is 3. The second-order valence-corrected chi connectivity index (χ2v) is 5.71. The molecule has 0 radical (unpaired) electrons. The number of nitrogens with one attached hydrogen (secondary N) is 2. The van der Waals surface area contributed by atoms with E-state index in [0.717, 1.165) is 19.3 Å². The van der Waals surface area contributed by atoms with Gasteiger partial charge in [-0.25, -0.2) is 0 Å². The van der Waals surface area contributed by atoms with Gasteiger partial charge in [0.25, 0.3) is 5.91 Å². The molecule has 1 saturated carbocycles. The molecule has 0 saturated heterocycles. The van der Waals surface area contributed by atoms with E-state index in [2.05, 4.69) is 10.6 Å². The van der Waals surface area contributed by atoms with Gasteiger partial charge in [-0.05, 0) is 31.0 Å². The van der Waals surface area contributed by atoms with Crippen LogP contribution in [0.4, 0.5) is 5.69 Å². The Balaban J connectivity index is 2.12. The zero-order valence-electron chi connectivity index (χ0n) is 11.9. The van der Waals surface area contributed by atoms with Gasteiger partial charge in [0, 0.05) is 12.6 Å². The molecule has 1 aromatic rings. The lowest BCUT2D eigenvalue weighted by Gasteiger charge is -2.28. The molecule has 0 aliphatic heterocycles. The molecule has 1 aromatic carbocycles. The van der Waals surface area contributed by atoms with Crippen molar-refractivity contribution in [1.82, 2.24) is 5.32 Å². The molecule has 0 spiro atoms. The number of aliphatic hydroxyl groups is 1. The highest BCUT2D eigenvalue weighted by Crippen LogP contribution is 2.23. The van der Waals surface area contributed by atoms with Gasteiger partial charge >= 0.3 is 0 Å². The maximum atomic E-state index is 12.3. The standard InChI is InChI=1S/C15H19ClN2O3/c1-9(19)17-10-6-7-12(16)11(8-10)15(21)18-13-4-2-3-5-14(13)20/h6-8,13-14,20H,2-5H2,1H3,(H,17,19)(H,18,21). The number of aliphatic hydroxyl groups excluding tert-OH is 1. The number of rotatable bonds is 3. The summed E-state index contributed by atoms with van der Waals surface area (Å²) >= 11 is 6.05. The third-order valence-electron chi connectivity index (χ3n) is 3.58. The Labute approximate surface area is 128 Å². The summed E-state index contributed by atoms with van der Waals surface area (Å²) in [6, 6.07) is 4.50. The molecular formula is C15H19ClN2O3. The molecule has 5 nitrogen and oxygen atoms in total. The summed E-state index contributed by atoms with van der Waals surface area (Å²) in [5, 5.41) is 15.6. The Morgan fingerprint density at radius 3 is 2.67 bits per heavy atom. The lowest BCUT2D eigenvalue weighted by atomic mass is 9.92. The van der Waals surface area contributed by atoms with Crippen LogP contribution in [0.2, 0.25) is 5.02 Å². The van der Waals surface area contributed by atoms with Gasteiger partial charge in [0.2, 0.25) is 5.91 Å². The minimum Gasteiger partial charge on any atom is -0.391 e. The van der Waals surface area contributed by atoms with Crippen LogP contribution >= 0.6 is 11.6 Å². The van der Waals surface area contributed by atoms with Gasteiger partial charge in [-0.1, -0.05) is 24.4 Å². The van der Waals surface area contributed by atoms with Crippen LogP contribution in [0.1, 0.15) is 43.0 Å². The van der Waals surface area contributed by atoms with Crippen LogP contribution in [-0.2, 0) is 4.79 Å². The molecule has 2 unspecified atom stereocenters. The smallest absolute Gasteiger partial charge is 0.253 e. The van der Waals surface area contributed by atoms with Crippen molar-refractivity contribution < 1.29 is 14.7 Å². The molecule has 1 aliphatic rings. The van der Waals surface area contributed by atoms with E-state index in [0.29, 0.717) is 22.7 Å². The summed E-state index contributed by atoms with van der Waals surface area (Å²) < 4.78 is 0. The fraction of sp³-hybridized carbons (Fsp3) is 0.467. The van der Waals surface area contributed by atoms with Crippen LogP contribution in [0.5, 0.6) is 0 Å². The lowest BCUT2D eigenvalue weighted by molar-refractivity contribution is -0.114. The van der Waals surface area contributed by atoms with Gasteiger partial charge < -0.3 is 15.7 Å². The molecule has 21 heavy (non-hydrogen) atoms. The Hall–Kier alpha value is -1.59. The number of hydrogen-bond donors (Lipinski definition) is 3. The first-order chi connectivity index (χ1) is 9.97. The van der Waals surface area contributed by atoms with Gasteiger partial charge in [0.15, 0.2) is 0 Å². The summed E-state index contributed by atoms with van der Waals surface area (Å²) in [6.45, 7) is 1.40. The van der Waals surface area contributed by atoms with Crippen molar-refractivity contribution >= 4 is 29.1 Å². The Kier molecular flexibility index (Phi) is 5.20. The first-order valence-electron chi connectivity index (χ1n) is 7.03. The third kappa shape index (κ3) is 4.19. The number of carbonyl (C=O) groups excluding carboxylic acids is 2. The van der Waals surface area contributed by atoms with E-state index in [4.69, 9.17) is 11.6 Å². The summed E-state index contributed by atoms with van der Waals surface area (Å²) in [7, 11) is 0. The monoisotopic (exact) mass is 310 g/mol. The second-order valence-electron chi connectivity index (χ2n) is 5.31. The van der Waals surface area contributed by atoms with E-state index in [-0.39, 0.29) is 17.9 Å². The van der Waals surface area contributed by atoms with Crippen LogP contribution in [-0.4, -0.2) is 29.1 Å². The number of benzene rings is 1. The summed E-state index contributed by atoms with van der Waals surface area (Å²) in [4.78, 5) is 23.4. The summed E-state index contributed by atoms with van der Waals surface area (Å²) in [5.74, 6) is -0.551. The van der Waals surface area contributed by atoms with Crippen LogP contribution in [0.25, 0.3) is 0 Å². The number of anilines is 1. The van der Waals surface area contributed by atoms with Gasteiger partial charge in [0.1, 0.15) is 0 Å². The highest BCUT2D eigenvalue weighted by molar-refractivity contribution is 6.34. The SMILES string of the molecule is CC(=O)Nc1ccc(Cl)c(C(=O)NC2CCCCC2O)c1. The maximum Gasteiger partial charge on any atom is 0.253 e. The Bertz CT molecular complexity index is 548. The van der Waals surface area contributed by atoms with Crippen LogP contribution in [0.15, 0.2) is 18.2 Å². The minimum atomic E-state index is -0.514. The van der Waals surface area contributed by atoms with Crippen molar-refractivity contribution in [3.8, 4) is 0 Å². The van der Waals surface area contributed by atoms with Gasteiger partial charge in [-0.3, -0.25) is 9.59 Å². The Morgan fingerprint density at radius 2 is 2.00 bits per heavy atom. The zero-order chi connectivity index (χ0) is 15.4. The number of amides is 2. The highest BCUT2D eigenvalue weighted by atomic mass is 35.5. The van der Waals surface area contributed by atoms with Gasteiger partial charge in [-0.15, -0.1) is 0 Å². The van der Waals surface area contributed by atoms with Crippen molar-refractivity contribution in [1.29, 1.82) is 0 Å². The average molecular weight is 311 g/mol. The first-order valence-corrected chi connectivity index (χ1v) is 7.41. The molecule has 114 valence electrons. The van der Waals surface area contributed by atoms with Crippen LogP contribution in [0, 0.1) is 0 Å². The van der Waals surface area contributed by atoms with Crippen molar-refractivity contribution in [3.05, 3.63) is 28.8 Å². The molecule has 0 aromatic heterocycles. The molecule has 1 aliphatic carbocycles. The summed E-state index contributed by atoms with van der Waals surface area (Å²) in [6.07, 6.45) is 2.91. The van der Waals surface area contributed by atoms with Crippen molar-refractivity contribution in [3.63, 3.8) is 0 Å². The molecule has 0 heterocycles. The van der Waals surface area contributed by atoms with Gasteiger partial charge in [-0.2, -0.15) is 0 Å². The minimum absolute atomic E-state index is 0.216. The third-order valence-corrected chi connectivity index (χ3v) is 3.91. The first kappa shape index (κ1) is 15.8. The van der Waals surface area contributed by atoms with E-state index < -0.39 is 6.10 Å². The molecule has 2 rings (SSSR count). The fourth-order valence-electron chi connectivity index (χ4n) is 2.51. The summed E-state index contributed by atoms with van der Waals surface area (Å²) in [5.41, 5.74) is 0.807. The van der Waals surface area contributed by atoms with E-state index >= 15 is 0 Å². The Morgan fingerprint density at radius 1 is 1.29 bits per heavy atom. The van der Waals surface area contributed by atoms with Crippen LogP contribution < -0.4 is 10.6 Å². The van der Waals surface area contributed by atoms with E-state index in [1.54, 1.807) is 12.1 Å². The number of carbonyl (C=O) groups is 2. The topological polar surface area (TPSA) is 78.4 Å². The molecule has 6 heteroatoms. The predicted octanol–water partition coefficient (Wildman–Crippen LogP) is 2.33. The highest BCUT2D eigenvalue weighted by Gasteiger charge is 2.25. The molecule has 2 atom stereocenters. The van der Waals surface area contributed by atoms with E-state index in [1.165, 1.54) is 13.0 Å². The van der Waals surface area contributed by atoms with Crippen molar-refractivity contribution in [2.45, 2.75) is 44.8 Å². The predicted molar refractivity (Wildman–Crippen MR) is 81.5 cm³/mol. The zero-order valence-corrected chi connectivity index (χ0v) is 12.6.